The van der Waals surface area contributed by atoms with Crippen LogP contribution in [0.3, 0.4) is 0 Å². The number of likely N-dealkylation sites (tertiary alicyclic amines) is 2. The topological polar surface area (TPSA) is 62.5 Å². The summed E-state index contributed by atoms with van der Waals surface area (Å²) in [7, 11) is 0. The van der Waals surface area contributed by atoms with Gasteiger partial charge < -0.3 is 4.90 Å². The monoisotopic (exact) mass is 318 g/mol. The van der Waals surface area contributed by atoms with E-state index in [2.05, 4.69) is 20.1 Å². The molecular formula is C17H26N4O2. The summed E-state index contributed by atoms with van der Waals surface area (Å²) in [5, 5.41) is 7.84. The maximum atomic E-state index is 13.2. The average Bonchev–Trinajstić information content (AvgIpc) is 3.27. The summed E-state index contributed by atoms with van der Waals surface area (Å²) in [6, 6.07) is 0.510. The molecule has 0 N–H and O–H groups in total. The molecule has 3 heterocycles. The highest BCUT2D eigenvalue weighted by Gasteiger charge is 2.49. The standard InChI is InChI=1S/C17H26N4O2/c1-13-15(19-23-18-13)11-20-10-8-17(12-20)7-4-9-21(16(17)22)14-5-2-3-6-14/h14H,2-12H2,1H3/t17-/m0/s1. The smallest absolute Gasteiger partial charge is 0.230 e. The number of rotatable bonds is 3. The van der Waals surface area contributed by atoms with Crippen LogP contribution in [-0.2, 0) is 11.3 Å². The normalized spacial score (nSPS) is 30.0. The molecule has 1 aliphatic carbocycles. The number of carbonyl (C=O) groups excluding carboxylic acids is 1. The number of aromatic nitrogens is 2. The van der Waals surface area contributed by atoms with Crippen molar-refractivity contribution in [3.8, 4) is 0 Å². The van der Waals surface area contributed by atoms with Gasteiger partial charge in [0.1, 0.15) is 11.4 Å². The summed E-state index contributed by atoms with van der Waals surface area (Å²) in [5.41, 5.74) is 1.61. The molecule has 3 fully saturated rings. The van der Waals surface area contributed by atoms with Gasteiger partial charge in [0.2, 0.25) is 5.91 Å². The van der Waals surface area contributed by atoms with Crippen molar-refractivity contribution in [1.82, 2.24) is 20.1 Å². The molecule has 6 heteroatoms. The summed E-state index contributed by atoms with van der Waals surface area (Å²) in [6.45, 7) is 5.47. The number of piperidine rings is 1. The van der Waals surface area contributed by atoms with Crippen molar-refractivity contribution in [2.24, 2.45) is 5.41 Å². The fourth-order valence-corrected chi connectivity index (χ4v) is 4.74. The van der Waals surface area contributed by atoms with Gasteiger partial charge in [-0.2, -0.15) is 0 Å². The van der Waals surface area contributed by atoms with Crippen LogP contribution in [-0.4, -0.2) is 51.7 Å². The SMILES string of the molecule is Cc1nonc1CN1CC[C@@]2(CCCN(C3CCCC3)C2=O)C1. The van der Waals surface area contributed by atoms with Crippen molar-refractivity contribution in [2.75, 3.05) is 19.6 Å². The van der Waals surface area contributed by atoms with E-state index < -0.39 is 0 Å². The molecular weight excluding hydrogens is 292 g/mol. The lowest BCUT2D eigenvalue weighted by Gasteiger charge is -2.42. The first-order chi connectivity index (χ1) is 11.2. The summed E-state index contributed by atoms with van der Waals surface area (Å²) < 4.78 is 4.80. The predicted octanol–water partition coefficient (Wildman–Crippen LogP) is 2.14. The molecule has 6 nitrogen and oxygen atoms in total. The van der Waals surface area contributed by atoms with Crippen LogP contribution < -0.4 is 0 Å². The second-order valence-electron chi connectivity index (χ2n) is 7.58. The van der Waals surface area contributed by atoms with E-state index in [1.807, 2.05) is 6.92 Å². The highest BCUT2D eigenvalue weighted by Crippen LogP contribution is 2.42. The Morgan fingerprint density at radius 2 is 2.00 bits per heavy atom. The lowest BCUT2D eigenvalue weighted by molar-refractivity contribution is -0.148. The van der Waals surface area contributed by atoms with Gasteiger partial charge in [-0.25, -0.2) is 4.63 Å². The summed E-state index contributed by atoms with van der Waals surface area (Å²) >= 11 is 0. The van der Waals surface area contributed by atoms with Crippen LogP contribution in [0, 0.1) is 12.3 Å². The van der Waals surface area contributed by atoms with E-state index in [-0.39, 0.29) is 5.41 Å². The van der Waals surface area contributed by atoms with E-state index in [4.69, 9.17) is 4.63 Å². The quantitative estimate of drug-likeness (QED) is 0.854. The first kappa shape index (κ1) is 15.1. The number of hydrogen-bond donors (Lipinski definition) is 0. The molecule has 4 rings (SSSR count). The number of hydrogen-bond acceptors (Lipinski definition) is 5. The largest absolute Gasteiger partial charge is 0.339 e. The first-order valence-corrected chi connectivity index (χ1v) is 8.99. The fraction of sp³-hybridized carbons (Fsp3) is 0.824. The molecule has 1 saturated carbocycles. The van der Waals surface area contributed by atoms with Crippen molar-refractivity contribution in [3.05, 3.63) is 11.4 Å². The zero-order valence-electron chi connectivity index (χ0n) is 14.0. The van der Waals surface area contributed by atoms with Crippen LogP contribution in [0.4, 0.5) is 0 Å². The lowest BCUT2D eigenvalue weighted by atomic mass is 9.77. The highest BCUT2D eigenvalue weighted by molar-refractivity contribution is 5.84. The molecule has 126 valence electrons. The van der Waals surface area contributed by atoms with Crippen LogP contribution in [0.25, 0.3) is 0 Å². The molecule has 1 spiro atoms. The van der Waals surface area contributed by atoms with Gasteiger partial charge in [-0.05, 0) is 45.6 Å². The van der Waals surface area contributed by atoms with Crippen molar-refractivity contribution < 1.29 is 9.42 Å². The van der Waals surface area contributed by atoms with Gasteiger partial charge in [0.05, 0.1) is 5.41 Å². The van der Waals surface area contributed by atoms with Gasteiger partial charge >= 0.3 is 0 Å². The zero-order valence-corrected chi connectivity index (χ0v) is 14.0. The first-order valence-electron chi connectivity index (χ1n) is 8.99. The Kier molecular flexibility index (Phi) is 3.87. The van der Waals surface area contributed by atoms with E-state index in [1.54, 1.807) is 0 Å². The van der Waals surface area contributed by atoms with Gasteiger partial charge in [-0.1, -0.05) is 23.2 Å². The molecule has 1 amide bonds. The molecule has 2 saturated heterocycles. The predicted molar refractivity (Wildman–Crippen MR) is 84.6 cm³/mol. The van der Waals surface area contributed by atoms with Crippen molar-refractivity contribution in [1.29, 1.82) is 0 Å². The van der Waals surface area contributed by atoms with Gasteiger partial charge in [-0.3, -0.25) is 9.69 Å². The van der Waals surface area contributed by atoms with E-state index in [0.29, 0.717) is 11.9 Å². The van der Waals surface area contributed by atoms with Crippen LogP contribution >= 0.6 is 0 Å². The van der Waals surface area contributed by atoms with Crippen molar-refractivity contribution >= 4 is 5.91 Å². The van der Waals surface area contributed by atoms with E-state index >= 15 is 0 Å². The Balaban J connectivity index is 1.45. The number of nitrogens with zero attached hydrogens (tertiary/aromatic N) is 4. The van der Waals surface area contributed by atoms with Crippen LogP contribution in [0.2, 0.25) is 0 Å². The van der Waals surface area contributed by atoms with E-state index in [0.717, 1.165) is 56.8 Å². The third-order valence-corrected chi connectivity index (χ3v) is 6.09. The molecule has 1 aromatic rings. The minimum absolute atomic E-state index is 0.147. The van der Waals surface area contributed by atoms with Gasteiger partial charge in [0.15, 0.2) is 0 Å². The minimum Gasteiger partial charge on any atom is -0.339 e. The molecule has 0 unspecified atom stereocenters. The van der Waals surface area contributed by atoms with Crippen molar-refractivity contribution in [2.45, 2.75) is 64.5 Å². The number of aryl methyl sites for hydroxylation is 1. The van der Waals surface area contributed by atoms with E-state index in [9.17, 15) is 4.79 Å². The minimum atomic E-state index is -0.147. The number of amides is 1. The number of carbonyl (C=O) groups is 1. The molecule has 0 aromatic carbocycles. The molecule has 1 atom stereocenters. The van der Waals surface area contributed by atoms with Crippen LogP contribution in [0.15, 0.2) is 4.63 Å². The lowest BCUT2D eigenvalue weighted by Crippen LogP contribution is -2.53. The second kappa shape index (κ2) is 5.89. The van der Waals surface area contributed by atoms with Gasteiger partial charge in [-0.15, -0.1) is 0 Å². The van der Waals surface area contributed by atoms with Crippen LogP contribution in [0.5, 0.6) is 0 Å². The Morgan fingerprint density at radius 3 is 2.74 bits per heavy atom. The molecule has 2 aliphatic heterocycles. The third-order valence-electron chi connectivity index (χ3n) is 6.09. The average molecular weight is 318 g/mol. The molecule has 3 aliphatic rings. The Morgan fingerprint density at radius 1 is 1.17 bits per heavy atom. The van der Waals surface area contributed by atoms with Gasteiger partial charge in [0.25, 0.3) is 0 Å². The van der Waals surface area contributed by atoms with Crippen LogP contribution in [0.1, 0.15) is 56.3 Å². The molecule has 0 bridgehead atoms. The summed E-state index contributed by atoms with van der Waals surface area (Å²) in [4.78, 5) is 17.8. The zero-order chi connectivity index (χ0) is 15.9. The van der Waals surface area contributed by atoms with E-state index in [1.165, 1.54) is 25.7 Å². The Hall–Kier alpha value is -1.43. The summed E-state index contributed by atoms with van der Waals surface area (Å²) in [6.07, 6.45) is 8.16. The molecule has 23 heavy (non-hydrogen) atoms. The fourth-order valence-electron chi connectivity index (χ4n) is 4.74. The second-order valence-corrected chi connectivity index (χ2v) is 7.58. The third kappa shape index (κ3) is 2.67. The molecule has 0 radical (unpaired) electrons. The summed E-state index contributed by atoms with van der Waals surface area (Å²) in [5.74, 6) is 0.424. The van der Waals surface area contributed by atoms with Crippen molar-refractivity contribution in [3.63, 3.8) is 0 Å². The maximum Gasteiger partial charge on any atom is 0.230 e. The maximum absolute atomic E-state index is 13.2. The molecule has 1 aromatic heterocycles. The Labute approximate surface area is 137 Å². The highest BCUT2D eigenvalue weighted by atomic mass is 16.6. The van der Waals surface area contributed by atoms with Gasteiger partial charge in [0, 0.05) is 25.7 Å². The Bertz CT molecular complexity index is 581.